The highest BCUT2D eigenvalue weighted by Gasteiger charge is 2.49. The predicted octanol–water partition coefficient (Wildman–Crippen LogP) is 4.16. The smallest absolute Gasteiger partial charge is 0.120 e. The van der Waals surface area contributed by atoms with E-state index in [4.69, 9.17) is 69.6 Å². The summed E-state index contributed by atoms with van der Waals surface area (Å²) in [5.74, 6) is 0. The van der Waals surface area contributed by atoms with E-state index in [9.17, 15) is 0 Å². The van der Waals surface area contributed by atoms with E-state index in [-0.39, 0.29) is 0 Å². The summed E-state index contributed by atoms with van der Waals surface area (Å²) in [6.07, 6.45) is 0. The molecule has 0 fully saturated rings. The number of halogens is 6. The van der Waals surface area contributed by atoms with Crippen LogP contribution >= 0.6 is 69.6 Å². The molecule has 0 nitrogen and oxygen atoms in total. The molecule has 0 N–H and O–H groups in total. The Labute approximate surface area is 89.7 Å². The minimum absolute atomic E-state index is 0.636. The Morgan fingerprint density at radius 1 is 1.00 bits per heavy atom. The third kappa shape index (κ3) is 2.66. The molecular weight excluding hydrogens is 261 g/mol. The molecule has 0 amide bonds. The summed E-state index contributed by atoms with van der Waals surface area (Å²) in [7, 11) is 0. The van der Waals surface area contributed by atoms with Gasteiger partial charge in [-0.1, -0.05) is 58.0 Å². The minimum Gasteiger partial charge on any atom is -0.120 e. The van der Waals surface area contributed by atoms with Gasteiger partial charge in [-0.3, -0.25) is 0 Å². The van der Waals surface area contributed by atoms with Gasteiger partial charge in [0.05, 0.1) is 5.38 Å². The van der Waals surface area contributed by atoms with E-state index in [1.165, 1.54) is 0 Å². The highest BCUT2D eigenvalue weighted by molar-refractivity contribution is 6.76. The van der Waals surface area contributed by atoms with E-state index < -0.39 is 13.5 Å². The lowest BCUT2D eigenvalue weighted by atomic mass is 10.3. The lowest BCUT2D eigenvalue weighted by Crippen LogP contribution is -2.38. The molecule has 10 heavy (non-hydrogen) atoms. The summed E-state index contributed by atoms with van der Waals surface area (Å²) in [5.41, 5.74) is 0. The van der Waals surface area contributed by atoms with Crippen molar-refractivity contribution in [1.82, 2.24) is 0 Å². The van der Waals surface area contributed by atoms with E-state index in [0.717, 1.165) is 0 Å². The molecule has 1 atom stereocenters. The molecule has 1 unspecified atom stereocenters. The summed E-state index contributed by atoms with van der Waals surface area (Å²) >= 11 is 32.9. The second kappa shape index (κ2) is 3.64. The first-order valence-corrected chi connectivity index (χ1v) is 4.61. The van der Waals surface area contributed by atoms with Crippen molar-refractivity contribution in [3.63, 3.8) is 0 Å². The van der Waals surface area contributed by atoms with Gasteiger partial charge in [-0.15, -0.1) is 11.6 Å². The molecule has 6 heteroatoms. The molecule has 0 aliphatic rings. The van der Waals surface area contributed by atoms with Gasteiger partial charge >= 0.3 is 0 Å². The molecule has 0 spiro atoms. The van der Waals surface area contributed by atoms with Crippen LogP contribution in [0, 0.1) is 0 Å². The van der Waals surface area contributed by atoms with Gasteiger partial charge in [0.2, 0.25) is 3.79 Å². The van der Waals surface area contributed by atoms with Gasteiger partial charge in [-0.2, -0.15) is 0 Å². The topological polar surface area (TPSA) is 0 Å². The third-order valence-corrected chi connectivity index (χ3v) is 4.12. The van der Waals surface area contributed by atoms with Crippen LogP contribution in [0.25, 0.3) is 0 Å². The predicted molar refractivity (Wildman–Crippen MR) is 50.0 cm³/mol. The van der Waals surface area contributed by atoms with E-state index in [2.05, 4.69) is 0 Å². The zero-order valence-electron chi connectivity index (χ0n) is 4.85. The summed E-state index contributed by atoms with van der Waals surface area (Å²) in [6.45, 7) is 1.55. The van der Waals surface area contributed by atoms with Crippen molar-refractivity contribution < 1.29 is 0 Å². The van der Waals surface area contributed by atoms with E-state index >= 15 is 0 Å². The maximum absolute atomic E-state index is 5.58. The van der Waals surface area contributed by atoms with Crippen LogP contribution in [0.15, 0.2) is 0 Å². The summed E-state index contributed by atoms with van der Waals surface area (Å²) in [5, 5.41) is -0.636. The Bertz CT molecular complexity index is 111. The first-order chi connectivity index (χ1) is 4.19. The average molecular weight is 265 g/mol. The summed E-state index contributed by atoms with van der Waals surface area (Å²) < 4.78 is -3.32. The quantitative estimate of drug-likeness (QED) is 0.624. The largest absolute Gasteiger partial charge is 0.224 e. The molecule has 0 aliphatic carbocycles. The SMILES string of the molecule is CC(Cl)C(Cl)(Cl)C(Cl)(Cl)Cl. The van der Waals surface area contributed by atoms with Crippen molar-refractivity contribution in [2.45, 2.75) is 20.4 Å². The van der Waals surface area contributed by atoms with Gasteiger partial charge in [0.25, 0.3) is 0 Å². The zero-order valence-corrected chi connectivity index (χ0v) is 9.38. The zero-order chi connectivity index (χ0) is 8.58. The first-order valence-electron chi connectivity index (χ1n) is 2.28. The fraction of sp³-hybridized carbons (Fsp3) is 1.00. The van der Waals surface area contributed by atoms with Crippen LogP contribution in [0.3, 0.4) is 0 Å². The van der Waals surface area contributed by atoms with Crippen molar-refractivity contribution in [2.75, 3.05) is 0 Å². The van der Waals surface area contributed by atoms with Crippen molar-refractivity contribution in [1.29, 1.82) is 0 Å². The second-order valence-electron chi connectivity index (χ2n) is 1.74. The van der Waals surface area contributed by atoms with Gasteiger partial charge in [0.15, 0.2) is 4.33 Å². The maximum atomic E-state index is 5.58. The number of hydrogen-bond acceptors (Lipinski definition) is 0. The molecule has 0 aromatic carbocycles. The molecule has 0 heterocycles. The fourth-order valence-corrected chi connectivity index (χ4v) is 1.05. The maximum Gasteiger partial charge on any atom is 0.224 e. The highest BCUT2D eigenvalue weighted by atomic mass is 35.6. The van der Waals surface area contributed by atoms with Crippen LogP contribution in [-0.2, 0) is 0 Å². The van der Waals surface area contributed by atoms with Gasteiger partial charge in [0.1, 0.15) is 0 Å². The average Bonchev–Trinajstić information content (AvgIpc) is 1.62. The van der Waals surface area contributed by atoms with Crippen molar-refractivity contribution in [3.05, 3.63) is 0 Å². The molecule has 0 radical (unpaired) electrons. The Kier molecular flexibility index (Phi) is 4.27. The normalized spacial score (nSPS) is 17.1. The standard InChI is InChI=1S/C4H4Cl6/c1-2(5)3(6,7)4(8,9)10/h2H,1H3. The van der Waals surface area contributed by atoms with Crippen LogP contribution in [-0.4, -0.2) is 13.5 Å². The summed E-state index contributed by atoms with van der Waals surface area (Å²) in [6, 6.07) is 0. The van der Waals surface area contributed by atoms with Gasteiger partial charge in [0, 0.05) is 0 Å². The minimum atomic E-state index is -1.77. The van der Waals surface area contributed by atoms with Crippen LogP contribution in [0.2, 0.25) is 0 Å². The molecule has 0 bridgehead atoms. The molecule has 0 rings (SSSR count). The van der Waals surface area contributed by atoms with Crippen molar-refractivity contribution in [3.8, 4) is 0 Å². The number of alkyl halides is 6. The van der Waals surface area contributed by atoms with E-state index in [1.54, 1.807) is 6.92 Å². The Morgan fingerprint density at radius 2 is 1.30 bits per heavy atom. The molecule has 0 saturated heterocycles. The second-order valence-corrected chi connectivity index (χ2v) is 6.06. The molecule has 62 valence electrons. The van der Waals surface area contributed by atoms with E-state index in [0.29, 0.717) is 0 Å². The number of rotatable bonds is 1. The Morgan fingerprint density at radius 3 is 1.30 bits per heavy atom. The van der Waals surface area contributed by atoms with Crippen LogP contribution in [0.4, 0.5) is 0 Å². The monoisotopic (exact) mass is 262 g/mol. The molecule has 0 saturated carbocycles. The first kappa shape index (κ1) is 11.7. The lowest BCUT2D eigenvalue weighted by molar-refractivity contribution is 0.770. The molecule has 0 aromatic heterocycles. The summed E-state index contributed by atoms with van der Waals surface area (Å²) in [4.78, 5) is 0. The highest BCUT2D eigenvalue weighted by Crippen LogP contribution is 2.49. The molecular formula is C4H4Cl6. The van der Waals surface area contributed by atoms with Crippen LogP contribution in [0.1, 0.15) is 6.92 Å². The Balaban J connectivity index is 4.40. The van der Waals surface area contributed by atoms with Crippen LogP contribution < -0.4 is 0 Å². The lowest BCUT2D eigenvalue weighted by Gasteiger charge is -2.29. The van der Waals surface area contributed by atoms with Crippen molar-refractivity contribution >= 4 is 69.6 Å². The Hall–Kier alpha value is 1.74. The molecule has 0 aliphatic heterocycles. The van der Waals surface area contributed by atoms with E-state index in [1.807, 2.05) is 0 Å². The van der Waals surface area contributed by atoms with Gasteiger partial charge in [-0.25, -0.2) is 0 Å². The van der Waals surface area contributed by atoms with Crippen LogP contribution in [0.5, 0.6) is 0 Å². The van der Waals surface area contributed by atoms with Crippen molar-refractivity contribution in [2.24, 2.45) is 0 Å². The van der Waals surface area contributed by atoms with Gasteiger partial charge < -0.3 is 0 Å². The molecule has 0 aromatic rings. The van der Waals surface area contributed by atoms with Gasteiger partial charge in [-0.05, 0) is 6.92 Å². The third-order valence-electron chi connectivity index (χ3n) is 0.878. The fourth-order valence-electron chi connectivity index (χ4n) is 0.226. The number of hydrogen-bond donors (Lipinski definition) is 0.